The van der Waals surface area contributed by atoms with Gasteiger partial charge in [-0.05, 0) is 65.1 Å². The van der Waals surface area contributed by atoms with E-state index < -0.39 is 0 Å². The largest absolute Gasteiger partial charge is 0.497 e. The zero-order chi connectivity index (χ0) is 14.5. The first-order valence-electron chi connectivity index (χ1n) is 5.84. The molecule has 20 heavy (non-hydrogen) atoms. The van der Waals surface area contributed by atoms with Crippen molar-refractivity contribution in [3.63, 3.8) is 0 Å². The average Bonchev–Trinajstić information content (AvgIpc) is 2.47. The minimum Gasteiger partial charge on any atom is -0.497 e. The predicted molar refractivity (Wildman–Crippen MR) is 87.6 cm³/mol. The second kappa shape index (κ2) is 6.99. The van der Waals surface area contributed by atoms with Crippen molar-refractivity contribution < 1.29 is 14.3 Å². The van der Waals surface area contributed by atoms with Gasteiger partial charge in [0.1, 0.15) is 5.75 Å². The number of hydrogen-bond acceptors (Lipinski definition) is 4. The molecule has 0 N–H and O–H groups in total. The fraction of sp³-hybridized carbons (Fsp3) is 0.133. The van der Waals surface area contributed by atoms with Crippen LogP contribution >= 0.6 is 34.4 Å². The fourth-order valence-corrected chi connectivity index (χ4v) is 3.42. The maximum atomic E-state index is 11.5. The Balaban J connectivity index is 2.17. The van der Waals surface area contributed by atoms with Gasteiger partial charge in [0, 0.05) is 13.4 Å². The Morgan fingerprint density at radius 2 is 1.70 bits per heavy atom. The van der Waals surface area contributed by atoms with E-state index in [0.717, 1.165) is 19.1 Å². The van der Waals surface area contributed by atoms with Crippen molar-refractivity contribution in [1.29, 1.82) is 0 Å². The molecule has 0 atom stereocenters. The molecule has 0 unspecified atom stereocenters. The molecule has 0 aliphatic heterocycles. The highest BCUT2D eigenvalue weighted by Gasteiger charge is 2.10. The summed E-state index contributed by atoms with van der Waals surface area (Å²) in [7, 11) is 3.04. The highest BCUT2D eigenvalue weighted by Crippen LogP contribution is 2.30. The molecule has 2 aromatic rings. The lowest BCUT2D eigenvalue weighted by atomic mass is 10.2. The van der Waals surface area contributed by atoms with Crippen molar-refractivity contribution in [3.8, 4) is 5.75 Å². The van der Waals surface area contributed by atoms with Crippen LogP contribution in [-0.2, 0) is 4.74 Å². The van der Waals surface area contributed by atoms with Crippen molar-refractivity contribution in [1.82, 2.24) is 0 Å². The molecule has 3 nitrogen and oxygen atoms in total. The van der Waals surface area contributed by atoms with Gasteiger partial charge in [0.05, 0.1) is 19.8 Å². The molecular weight excluding hydrogens is 387 g/mol. The highest BCUT2D eigenvalue weighted by atomic mass is 127. The quantitative estimate of drug-likeness (QED) is 0.568. The standard InChI is InChI=1S/C15H13IO3S/c1-18-10-3-5-11(6-4-10)20-12-7-8-13(14(16)9-12)15(17)19-2/h3-9H,1-2H3. The number of benzene rings is 2. The van der Waals surface area contributed by atoms with Crippen molar-refractivity contribution in [3.05, 3.63) is 51.6 Å². The molecular formula is C15H13IO3S. The summed E-state index contributed by atoms with van der Waals surface area (Å²) < 4.78 is 10.7. The van der Waals surface area contributed by atoms with E-state index in [-0.39, 0.29) is 5.97 Å². The molecule has 0 aliphatic rings. The maximum Gasteiger partial charge on any atom is 0.338 e. The summed E-state index contributed by atoms with van der Waals surface area (Å²) in [4.78, 5) is 13.7. The monoisotopic (exact) mass is 400 g/mol. The average molecular weight is 400 g/mol. The minimum absolute atomic E-state index is 0.310. The number of hydrogen-bond donors (Lipinski definition) is 0. The molecule has 0 saturated carbocycles. The van der Waals surface area contributed by atoms with Crippen molar-refractivity contribution >= 4 is 40.3 Å². The molecule has 0 saturated heterocycles. The van der Waals surface area contributed by atoms with Crippen LogP contribution in [0.2, 0.25) is 0 Å². The Bertz CT molecular complexity index is 611. The molecule has 0 radical (unpaired) electrons. The first-order valence-corrected chi connectivity index (χ1v) is 7.73. The lowest BCUT2D eigenvalue weighted by Gasteiger charge is -2.06. The van der Waals surface area contributed by atoms with Gasteiger partial charge in [-0.1, -0.05) is 11.8 Å². The molecule has 0 aliphatic carbocycles. The fourth-order valence-electron chi connectivity index (χ4n) is 1.61. The third-order valence-corrected chi connectivity index (χ3v) is 4.53. The van der Waals surface area contributed by atoms with Crippen LogP contribution in [0.5, 0.6) is 5.75 Å². The molecule has 0 spiro atoms. The Morgan fingerprint density at radius 3 is 2.25 bits per heavy atom. The lowest BCUT2D eigenvalue weighted by Crippen LogP contribution is -2.03. The normalized spacial score (nSPS) is 10.2. The second-order valence-electron chi connectivity index (χ2n) is 3.91. The highest BCUT2D eigenvalue weighted by molar-refractivity contribution is 14.1. The topological polar surface area (TPSA) is 35.5 Å². The van der Waals surface area contributed by atoms with Gasteiger partial charge in [0.2, 0.25) is 0 Å². The van der Waals surface area contributed by atoms with Gasteiger partial charge in [-0.2, -0.15) is 0 Å². The van der Waals surface area contributed by atoms with Crippen LogP contribution in [0.25, 0.3) is 0 Å². The number of methoxy groups -OCH3 is 2. The summed E-state index contributed by atoms with van der Waals surface area (Å²) in [6.07, 6.45) is 0. The van der Waals surface area contributed by atoms with Crippen molar-refractivity contribution in [2.45, 2.75) is 9.79 Å². The van der Waals surface area contributed by atoms with E-state index in [0.29, 0.717) is 5.56 Å². The molecule has 0 amide bonds. The lowest BCUT2D eigenvalue weighted by molar-refractivity contribution is 0.0599. The van der Waals surface area contributed by atoms with Crippen LogP contribution in [0.3, 0.4) is 0 Å². The summed E-state index contributed by atoms with van der Waals surface area (Å²) in [5, 5.41) is 0. The van der Waals surface area contributed by atoms with Gasteiger partial charge in [-0.25, -0.2) is 4.79 Å². The number of carbonyl (C=O) groups excluding carboxylic acids is 1. The van der Waals surface area contributed by atoms with Gasteiger partial charge >= 0.3 is 5.97 Å². The Labute approximate surface area is 135 Å². The minimum atomic E-state index is -0.310. The van der Waals surface area contributed by atoms with E-state index in [2.05, 4.69) is 22.6 Å². The Hall–Kier alpha value is -1.21. The summed E-state index contributed by atoms with van der Waals surface area (Å²) in [5.41, 5.74) is 0.590. The number of ether oxygens (including phenoxy) is 2. The van der Waals surface area contributed by atoms with E-state index >= 15 is 0 Å². The number of rotatable bonds is 4. The van der Waals surface area contributed by atoms with Gasteiger partial charge in [0.25, 0.3) is 0 Å². The SMILES string of the molecule is COC(=O)c1ccc(Sc2ccc(OC)cc2)cc1I. The van der Waals surface area contributed by atoms with Crippen LogP contribution < -0.4 is 4.74 Å². The zero-order valence-electron chi connectivity index (χ0n) is 11.1. The van der Waals surface area contributed by atoms with Gasteiger partial charge in [0.15, 0.2) is 0 Å². The van der Waals surface area contributed by atoms with Gasteiger partial charge in [-0.15, -0.1) is 0 Å². The van der Waals surface area contributed by atoms with Crippen LogP contribution in [0.1, 0.15) is 10.4 Å². The smallest absolute Gasteiger partial charge is 0.338 e. The predicted octanol–water partition coefficient (Wildman–Crippen LogP) is 4.24. The Kier molecular flexibility index (Phi) is 5.31. The zero-order valence-corrected chi connectivity index (χ0v) is 14.0. The van der Waals surface area contributed by atoms with Gasteiger partial charge < -0.3 is 9.47 Å². The first-order chi connectivity index (χ1) is 9.63. The molecule has 0 heterocycles. The van der Waals surface area contributed by atoms with Crippen LogP contribution in [-0.4, -0.2) is 20.2 Å². The second-order valence-corrected chi connectivity index (χ2v) is 6.22. The molecule has 0 aromatic heterocycles. The van der Waals surface area contributed by atoms with Crippen LogP contribution in [0.4, 0.5) is 0 Å². The molecule has 0 bridgehead atoms. The summed E-state index contributed by atoms with van der Waals surface area (Å²) in [5.74, 6) is 0.528. The summed E-state index contributed by atoms with van der Waals surface area (Å²) >= 11 is 3.78. The van der Waals surface area contributed by atoms with E-state index in [1.54, 1.807) is 24.9 Å². The van der Waals surface area contributed by atoms with Crippen LogP contribution in [0, 0.1) is 3.57 Å². The number of carbonyl (C=O) groups is 1. The molecule has 104 valence electrons. The molecule has 2 aromatic carbocycles. The van der Waals surface area contributed by atoms with E-state index in [1.807, 2.05) is 36.4 Å². The van der Waals surface area contributed by atoms with E-state index in [4.69, 9.17) is 9.47 Å². The number of halogens is 1. The summed E-state index contributed by atoms with van der Waals surface area (Å²) in [6, 6.07) is 13.5. The van der Waals surface area contributed by atoms with E-state index in [1.165, 1.54) is 7.11 Å². The Morgan fingerprint density at radius 1 is 1.05 bits per heavy atom. The molecule has 5 heteroatoms. The maximum absolute atomic E-state index is 11.5. The van der Waals surface area contributed by atoms with E-state index in [9.17, 15) is 4.79 Å². The third-order valence-electron chi connectivity index (χ3n) is 2.64. The van der Waals surface area contributed by atoms with Gasteiger partial charge in [-0.3, -0.25) is 0 Å². The molecule has 2 rings (SSSR count). The van der Waals surface area contributed by atoms with Crippen molar-refractivity contribution in [2.24, 2.45) is 0 Å². The number of esters is 1. The van der Waals surface area contributed by atoms with Crippen molar-refractivity contribution in [2.75, 3.05) is 14.2 Å². The first kappa shape index (κ1) is 15.2. The molecule has 0 fully saturated rings. The summed E-state index contributed by atoms with van der Waals surface area (Å²) in [6.45, 7) is 0. The third kappa shape index (κ3) is 3.67. The van der Waals surface area contributed by atoms with Crippen LogP contribution in [0.15, 0.2) is 52.3 Å².